The minimum atomic E-state index is -1.79. The van der Waals surface area contributed by atoms with Crippen molar-refractivity contribution in [2.45, 2.75) is 396 Å². The first-order valence-electron chi connectivity index (χ1n) is 35.6. The van der Waals surface area contributed by atoms with Crippen LogP contribution in [-0.4, -0.2) is 140 Å². The molecule has 14 nitrogen and oxygen atoms in total. The van der Waals surface area contributed by atoms with Gasteiger partial charge in [-0.1, -0.05) is 295 Å². The fourth-order valence-electron chi connectivity index (χ4n) is 11.9. The van der Waals surface area contributed by atoms with Crippen molar-refractivity contribution in [2.24, 2.45) is 0 Å². The molecule has 12 unspecified atom stereocenters. The number of allylic oxidation sites excluding steroid dienone is 3. The maximum Gasteiger partial charge on any atom is 0.220 e. The quantitative estimate of drug-likeness (QED) is 0.0204. The van der Waals surface area contributed by atoms with Gasteiger partial charge in [0, 0.05) is 6.42 Å². The number of ether oxygens (including phenoxy) is 4. The molecule has 2 aliphatic rings. The first kappa shape index (κ1) is 78.6. The Morgan fingerprint density at radius 2 is 0.750 bits per heavy atom. The van der Waals surface area contributed by atoms with Crippen molar-refractivity contribution in [3.8, 4) is 0 Å². The van der Waals surface area contributed by atoms with E-state index in [1.807, 2.05) is 6.08 Å². The average Bonchev–Trinajstić information content (AvgIpc) is 3.62. The molecule has 0 spiro atoms. The molecule has 84 heavy (non-hydrogen) atoms. The largest absolute Gasteiger partial charge is 0.394 e. The Labute approximate surface area is 513 Å². The molecule has 0 aromatic rings. The van der Waals surface area contributed by atoms with E-state index in [2.05, 4.69) is 31.3 Å². The zero-order chi connectivity index (χ0) is 60.9. The topological polar surface area (TPSA) is 228 Å². The van der Waals surface area contributed by atoms with E-state index in [1.54, 1.807) is 6.08 Å². The summed E-state index contributed by atoms with van der Waals surface area (Å²) in [6.45, 7) is 2.84. The summed E-state index contributed by atoms with van der Waals surface area (Å²) in [5, 5.41) is 87.4. The molecule has 14 heteroatoms. The number of carbonyl (C=O) groups is 1. The first-order chi connectivity index (χ1) is 41.1. The first-order valence-corrected chi connectivity index (χ1v) is 35.6. The molecule has 496 valence electrons. The van der Waals surface area contributed by atoms with E-state index in [1.165, 1.54) is 257 Å². The van der Waals surface area contributed by atoms with E-state index >= 15 is 0 Å². The Morgan fingerprint density at radius 3 is 1.13 bits per heavy atom. The summed E-state index contributed by atoms with van der Waals surface area (Å²) in [6, 6.07) is -0.915. The van der Waals surface area contributed by atoms with Gasteiger partial charge in [-0.25, -0.2) is 0 Å². The zero-order valence-electron chi connectivity index (χ0n) is 53.9. The molecule has 0 aliphatic carbocycles. The van der Waals surface area contributed by atoms with Crippen LogP contribution < -0.4 is 5.32 Å². The average molecular weight is 1200 g/mol. The van der Waals surface area contributed by atoms with Crippen LogP contribution >= 0.6 is 0 Å². The number of rotatable bonds is 59. The maximum atomic E-state index is 13.3. The van der Waals surface area contributed by atoms with Crippen LogP contribution in [0.2, 0.25) is 0 Å². The summed E-state index contributed by atoms with van der Waals surface area (Å²) >= 11 is 0. The van der Waals surface area contributed by atoms with E-state index in [-0.39, 0.29) is 18.9 Å². The van der Waals surface area contributed by atoms with Gasteiger partial charge < -0.3 is 65.1 Å². The molecule has 2 aliphatic heterocycles. The van der Waals surface area contributed by atoms with Crippen molar-refractivity contribution in [1.82, 2.24) is 5.32 Å². The van der Waals surface area contributed by atoms with Gasteiger partial charge in [-0.15, -0.1) is 0 Å². The minimum absolute atomic E-state index is 0.237. The Kier molecular flexibility index (Phi) is 51.9. The van der Waals surface area contributed by atoms with Gasteiger partial charge in [0.25, 0.3) is 0 Å². The summed E-state index contributed by atoms with van der Waals surface area (Å²) in [4.78, 5) is 13.3. The van der Waals surface area contributed by atoms with Gasteiger partial charge in [0.2, 0.25) is 5.91 Å². The van der Waals surface area contributed by atoms with Gasteiger partial charge >= 0.3 is 0 Å². The van der Waals surface area contributed by atoms with Crippen LogP contribution in [0.1, 0.15) is 322 Å². The number of hydrogen-bond donors (Lipinski definition) is 9. The lowest BCUT2D eigenvalue weighted by molar-refractivity contribution is -0.359. The fourth-order valence-corrected chi connectivity index (χ4v) is 11.9. The van der Waals surface area contributed by atoms with Crippen LogP contribution in [-0.2, 0) is 23.7 Å². The van der Waals surface area contributed by atoms with Crippen molar-refractivity contribution in [3.05, 3.63) is 24.3 Å². The highest BCUT2D eigenvalue weighted by molar-refractivity contribution is 5.76. The fraction of sp³-hybridized carbons (Fsp3) is 0.929. The third kappa shape index (κ3) is 39.5. The summed E-state index contributed by atoms with van der Waals surface area (Å²) in [7, 11) is 0. The highest BCUT2D eigenvalue weighted by Gasteiger charge is 2.51. The van der Waals surface area contributed by atoms with Crippen molar-refractivity contribution < 1.29 is 64.6 Å². The molecular formula is C70H133NO13. The Morgan fingerprint density at radius 1 is 0.417 bits per heavy atom. The lowest BCUT2D eigenvalue weighted by Gasteiger charge is -2.46. The number of aliphatic hydroxyl groups excluding tert-OH is 8. The maximum absolute atomic E-state index is 13.3. The van der Waals surface area contributed by atoms with Crippen molar-refractivity contribution in [2.75, 3.05) is 19.8 Å². The SMILES string of the molecule is CCCCCCCC/C=C\CCCCCCCCCCCC(=O)NC(COC1OC(CO)C(OC2OC(CO)C(O)C(O)C2O)C(O)C1O)C(O)/C=C/CCCCCCCCCCCCCCCCCCCCCCCCCCCCCCC. The van der Waals surface area contributed by atoms with Crippen molar-refractivity contribution in [3.63, 3.8) is 0 Å². The van der Waals surface area contributed by atoms with E-state index in [0.29, 0.717) is 6.42 Å². The number of aliphatic hydroxyl groups is 8. The lowest BCUT2D eigenvalue weighted by Crippen LogP contribution is -2.65. The number of hydrogen-bond acceptors (Lipinski definition) is 13. The van der Waals surface area contributed by atoms with E-state index < -0.39 is 86.8 Å². The molecule has 12 atom stereocenters. The Hall–Kier alpha value is -1.53. The van der Waals surface area contributed by atoms with Gasteiger partial charge in [0.1, 0.15) is 48.8 Å². The molecule has 0 aromatic heterocycles. The molecule has 2 heterocycles. The van der Waals surface area contributed by atoms with Crippen LogP contribution in [0.5, 0.6) is 0 Å². The number of carbonyl (C=O) groups excluding carboxylic acids is 1. The highest BCUT2D eigenvalue weighted by atomic mass is 16.7. The van der Waals surface area contributed by atoms with Gasteiger partial charge in [0.15, 0.2) is 12.6 Å². The van der Waals surface area contributed by atoms with Crippen LogP contribution in [0.15, 0.2) is 24.3 Å². The standard InChI is InChI=1S/C70H133NO13/c1-3-5-7-9-11-13-15-17-19-21-23-24-25-26-27-28-29-30-31-32-33-34-36-37-39-41-43-45-47-49-51-53-59(74)58(71-62(75)54-52-50-48-46-44-42-40-38-35-22-20-18-16-14-12-10-8-6-4-2)57-81-69-67(80)65(78)68(61(56-73)83-69)84-70-66(79)64(77)63(76)60(55-72)82-70/h18,20,51,53,58-61,63-70,72-74,76-80H,3-17,19,21-50,52,54-57H2,1-2H3,(H,71,75)/b20-18-,53-51+. The predicted molar refractivity (Wildman–Crippen MR) is 342 cm³/mol. The van der Waals surface area contributed by atoms with Gasteiger partial charge in [-0.3, -0.25) is 4.79 Å². The summed E-state index contributed by atoms with van der Waals surface area (Å²) in [6.07, 6.45) is 52.4. The summed E-state index contributed by atoms with van der Waals surface area (Å²) < 4.78 is 22.9. The van der Waals surface area contributed by atoms with E-state index in [9.17, 15) is 45.6 Å². The van der Waals surface area contributed by atoms with Gasteiger partial charge in [-0.2, -0.15) is 0 Å². The third-order valence-electron chi connectivity index (χ3n) is 17.6. The molecule has 0 bridgehead atoms. The molecule has 2 fully saturated rings. The highest BCUT2D eigenvalue weighted by Crippen LogP contribution is 2.30. The van der Waals surface area contributed by atoms with E-state index in [0.717, 1.165) is 38.5 Å². The smallest absolute Gasteiger partial charge is 0.220 e. The monoisotopic (exact) mass is 1200 g/mol. The number of amides is 1. The second-order valence-electron chi connectivity index (χ2n) is 25.4. The molecule has 0 radical (unpaired) electrons. The molecule has 0 aromatic carbocycles. The summed E-state index contributed by atoms with van der Waals surface area (Å²) in [5.74, 6) is -0.237. The second kappa shape index (κ2) is 55.5. The van der Waals surface area contributed by atoms with Crippen LogP contribution in [0.25, 0.3) is 0 Å². The molecule has 9 N–H and O–H groups in total. The number of nitrogens with one attached hydrogen (secondary N) is 1. The molecule has 0 saturated carbocycles. The third-order valence-corrected chi connectivity index (χ3v) is 17.6. The minimum Gasteiger partial charge on any atom is -0.394 e. The Balaban J connectivity index is 1.66. The van der Waals surface area contributed by atoms with Crippen LogP contribution in [0, 0.1) is 0 Å². The van der Waals surface area contributed by atoms with Crippen LogP contribution in [0.4, 0.5) is 0 Å². The molecule has 2 rings (SSSR count). The van der Waals surface area contributed by atoms with Crippen molar-refractivity contribution in [1.29, 1.82) is 0 Å². The molecular weight excluding hydrogens is 1060 g/mol. The van der Waals surface area contributed by atoms with Crippen molar-refractivity contribution >= 4 is 5.91 Å². The zero-order valence-corrected chi connectivity index (χ0v) is 53.9. The number of unbranched alkanes of at least 4 members (excludes halogenated alkanes) is 44. The van der Waals surface area contributed by atoms with E-state index in [4.69, 9.17) is 18.9 Å². The van der Waals surface area contributed by atoms with Gasteiger partial charge in [0.05, 0.1) is 32.0 Å². The predicted octanol–water partition coefficient (Wildman–Crippen LogP) is 14.3. The summed E-state index contributed by atoms with van der Waals surface area (Å²) in [5.41, 5.74) is 0. The van der Waals surface area contributed by atoms with Gasteiger partial charge in [-0.05, 0) is 44.9 Å². The lowest BCUT2D eigenvalue weighted by atomic mass is 9.97. The second-order valence-corrected chi connectivity index (χ2v) is 25.4. The van der Waals surface area contributed by atoms with Crippen LogP contribution in [0.3, 0.4) is 0 Å². The molecule has 2 saturated heterocycles. The normalized spacial score (nSPS) is 23.7. The molecule has 1 amide bonds. The Bertz CT molecular complexity index is 1500.